The van der Waals surface area contributed by atoms with Crippen molar-refractivity contribution in [2.75, 3.05) is 7.11 Å². The van der Waals surface area contributed by atoms with Crippen LogP contribution in [0, 0.1) is 13.8 Å². The lowest BCUT2D eigenvalue weighted by Crippen LogP contribution is -2.47. The molecular weight excluding hydrogens is 316 g/mol. The molecule has 1 N–H and O–H groups in total. The molecule has 0 radical (unpaired) electrons. The van der Waals surface area contributed by atoms with Crippen LogP contribution in [0.2, 0.25) is 0 Å². The molecule has 2 unspecified atom stereocenters. The lowest BCUT2D eigenvalue weighted by molar-refractivity contribution is -0.150. The first-order chi connectivity index (χ1) is 12.0. The van der Waals surface area contributed by atoms with Crippen LogP contribution in [0.25, 0.3) is 5.65 Å². The highest BCUT2D eigenvalue weighted by molar-refractivity contribution is 5.63. The number of hydrogen-bond donors (Lipinski definition) is 1. The molecule has 0 aliphatic carbocycles. The van der Waals surface area contributed by atoms with Gasteiger partial charge in [-0.1, -0.05) is 30.3 Å². The minimum Gasteiger partial charge on any atom is -0.479 e. The first-order valence-electron chi connectivity index (χ1n) is 8.41. The van der Waals surface area contributed by atoms with E-state index in [1.165, 1.54) is 0 Å². The SMILES string of the molecule is COC1(C)c2ccn3c(C)c(C)nc3c2O[C@H](c2ccccc2)C1O. The van der Waals surface area contributed by atoms with Crippen LogP contribution in [0.4, 0.5) is 0 Å². The summed E-state index contributed by atoms with van der Waals surface area (Å²) < 4.78 is 14.1. The molecular formula is C20H22N2O3. The number of aliphatic hydroxyl groups is 1. The molecule has 1 aliphatic heterocycles. The molecule has 5 heteroatoms. The Bertz CT molecular complexity index is 935. The second-order valence-electron chi connectivity index (χ2n) is 6.74. The zero-order valence-corrected chi connectivity index (χ0v) is 14.9. The number of rotatable bonds is 2. The maximum atomic E-state index is 11.0. The molecule has 0 spiro atoms. The number of ether oxygens (including phenoxy) is 2. The third-order valence-electron chi connectivity index (χ3n) is 5.41. The van der Waals surface area contributed by atoms with Gasteiger partial charge in [0.1, 0.15) is 11.7 Å². The molecule has 1 aromatic carbocycles. The van der Waals surface area contributed by atoms with E-state index in [1.807, 2.05) is 67.8 Å². The topological polar surface area (TPSA) is 56.0 Å². The Kier molecular flexibility index (Phi) is 3.60. The second-order valence-corrected chi connectivity index (χ2v) is 6.74. The van der Waals surface area contributed by atoms with Gasteiger partial charge in [-0.25, -0.2) is 4.98 Å². The predicted molar refractivity (Wildman–Crippen MR) is 94.8 cm³/mol. The average molecular weight is 338 g/mol. The lowest BCUT2D eigenvalue weighted by Gasteiger charge is -2.43. The van der Waals surface area contributed by atoms with Crippen LogP contribution in [0.1, 0.15) is 35.5 Å². The predicted octanol–water partition coefficient (Wildman–Crippen LogP) is 3.31. The van der Waals surface area contributed by atoms with E-state index in [0.717, 1.165) is 28.2 Å². The van der Waals surface area contributed by atoms with E-state index in [1.54, 1.807) is 7.11 Å². The van der Waals surface area contributed by atoms with Crippen LogP contribution in [0.3, 0.4) is 0 Å². The van der Waals surface area contributed by atoms with E-state index in [-0.39, 0.29) is 0 Å². The van der Waals surface area contributed by atoms with Crippen LogP contribution in [0.5, 0.6) is 5.75 Å². The van der Waals surface area contributed by atoms with Crippen molar-refractivity contribution >= 4 is 5.65 Å². The zero-order chi connectivity index (χ0) is 17.8. The van der Waals surface area contributed by atoms with Crippen LogP contribution in [0.15, 0.2) is 42.6 Å². The quantitative estimate of drug-likeness (QED) is 0.779. The Balaban J connectivity index is 1.97. The van der Waals surface area contributed by atoms with Gasteiger partial charge in [0.2, 0.25) is 0 Å². The van der Waals surface area contributed by atoms with E-state index < -0.39 is 17.8 Å². The number of pyridine rings is 1. The molecule has 3 atom stereocenters. The average Bonchev–Trinajstić information content (AvgIpc) is 2.93. The van der Waals surface area contributed by atoms with Crippen molar-refractivity contribution in [1.82, 2.24) is 9.38 Å². The molecule has 5 nitrogen and oxygen atoms in total. The van der Waals surface area contributed by atoms with E-state index in [2.05, 4.69) is 4.98 Å². The third-order valence-corrected chi connectivity index (χ3v) is 5.41. The van der Waals surface area contributed by atoms with Crippen LogP contribution in [-0.4, -0.2) is 27.7 Å². The van der Waals surface area contributed by atoms with Crippen molar-refractivity contribution in [3.8, 4) is 5.75 Å². The van der Waals surface area contributed by atoms with Gasteiger partial charge in [-0.15, -0.1) is 0 Å². The Labute approximate surface area is 146 Å². The first kappa shape index (κ1) is 16.1. The summed E-state index contributed by atoms with van der Waals surface area (Å²) in [4.78, 5) is 4.68. The third kappa shape index (κ3) is 2.19. The van der Waals surface area contributed by atoms with Crippen LogP contribution >= 0.6 is 0 Å². The summed E-state index contributed by atoms with van der Waals surface area (Å²) in [5.74, 6) is 0.669. The summed E-state index contributed by atoms with van der Waals surface area (Å²) in [6, 6.07) is 11.7. The van der Waals surface area contributed by atoms with E-state index in [9.17, 15) is 5.11 Å². The minimum absolute atomic E-state index is 0.526. The summed E-state index contributed by atoms with van der Waals surface area (Å²) >= 11 is 0. The normalized spacial score (nSPS) is 25.6. The number of aryl methyl sites for hydroxylation is 2. The molecule has 4 rings (SSSR count). The fourth-order valence-corrected chi connectivity index (χ4v) is 3.59. The molecule has 2 aromatic heterocycles. The number of hydrogen-bond acceptors (Lipinski definition) is 4. The molecule has 0 saturated carbocycles. The van der Waals surface area contributed by atoms with Gasteiger partial charge >= 0.3 is 0 Å². The standard InChI is InChI=1S/C20H22N2O3/c1-12-13(2)22-11-10-15-17(19(22)21-12)25-16(14-8-6-5-7-9-14)18(23)20(15,3)24-4/h5-11,16,18,23H,1-4H3/t16-,18?,20?/m1/s1. The van der Waals surface area contributed by atoms with Gasteiger partial charge in [-0.3, -0.25) is 0 Å². The molecule has 3 aromatic rings. The first-order valence-corrected chi connectivity index (χ1v) is 8.41. The summed E-state index contributed by atoms with van der Waals surface area (Å²) in [6.07, 6.45) is 0.592. The van der Waals surface area contributed by atoms with E-state index in [0.29, 0.717) is 5.75 Å². The van der Waals surface area contributed by atoms with Gasteiger partial charge in [0, 0.05) is 24.6 Å². The molecule has 0 bridgehead atoms. The molecule has 25 heavy (non-hydrogen) atoms. The molecule has 0 saturated heterocycles. The number of fused-ring (bicyclic) bond motifs is 3. The van der Waals surface area contributed by atoms with Crippen molar-refractivity contribution < 1.29 is 14.6 Å². The molecule has 0 fully saturated rings. The second kappa shape index (κ2) is 5.58. The highest BCUT2D eigenvalue weighted by atomic mass is 16.5. The number of benzene rings is 1. The van der Waals surface area contributed by atoms with Gasteiger partial charge in [-0.2, -0.15) is 0 Å². The number of nitrogens with zero attached hydrogens (tertiary/aromatic N) is 2. The highest BCUT2D eigenvalue weighted by Crippen LogP contribution is 2.48. The lowest BCUT2D eigenvalue weighted by atomic mass is 9.82. The summed E-state index contributed by atoms with van der Waals surface area (Å²) in [6.45, 7) is 5.91. The van der Waals surface area contributed by atoms with Crippen molar-refractivity contribution in [2.45, 2.75) is 38.6 Å². The summed E-state index contributed by atoms with van der Waals surface area (Å²) in [5, 5.41) is 11.0. The molecule has 130 valence electrons. The van der Waals surface area contributed by atoms with Crippen molar-refractivity contribution in [2.24, 2.45) is 0 Å². The Hall–Kier alpha value is -2.37. The van der Waals surface area contributed by atoms with Gasteiger partial charge in [-0.05, 0) is 32.4 Å². The Morgan fingerprint density at radius 1 is 1.20 bits per heavy atom. The number of aliphatic hydroxyl groups excluding tert-OH is 1. The van der Waals surface area contributed by atoms with Crippen molar-refractivity contribution in [3.05, 3.63) is 65.1 Å². The molecule has 3 heterocycles. The van der Waals surface area contributed by atoms with Gasteiger partial charge in [0.25, 0.3) is 0 Å². The molecule has 0 amide bonds. The van der Waals surface area contributed by atoms with Crippen molar-refractivity contribution in [3.63, 3.8) is 0 Å². The van der Waals surface area contributed by atoms with E-state index >= 15 is 0 Å². The fraction of sp³-hybridized carbons (Fsp3) is 0.350. The number of methoxy groups -OCH3 is 1. The zero-order valence-electron chi connectivity index (χ0n) is 14.9. The largest absolute Gasteiger partial charge is 0.479 e. The van der Waals surface area contributed by atoms with E-state index in [4.69, 9.17) is 9.47 Å². The van der Waals surface area contributed by atoms with Crippen molar-refractivity contribution in [1.29, 1.82) is 0 Å². The highest BCUT2D eigenvalue weighted by Gasteiger charge is 2.48. The summed E-state index contributed by atoms with van der Waals surface area (Å²) in [7, 11) is 1.62. The van der Waals surface area contributed by atoms with Gasteiger partial charge < -0.3 is 19.0 Å². The monoisotopic (exact) mass is 338 g/mol. The van der Waals surface area contributed by atoms with Crippen LogP contribution < -0.4 is 4.74 Å². The van der Waals surface area contributed by atoms with Gasteiger partial charge in [0.05, 0.1) is 5.69 Å². The van der Waals surface area contributed by atoms with Crippen LogP contribution in [-0.2, 0) is 10.3 Å². The maximum absolute atomic E-state index is 11.0. The smallest absolute Gasteiger partial charge is 0.180 e. The summed E-state index contributed by atoms with van der Waals surface area (Å²) in [5.41, 5.74) is 3.62. The minimum atomic E-state index is -0.885. The number of imidazole rings is 1. The van der Waals surface area contributed by atoms with Gasteiger partial charge in [0.15, 0.2) is 17.5 Å². The molecule has 1 aliphatic rings. The Morgan fingerprint density at radius 3 is 2.60 bits per heavy atom. The maximum Gasteiger partial charge on any atom is 0.180 e. The fourth-order valence-electron chi connectivity index (χ4n) is 3.59. The number of aromatic nitrogens is 2. The Morgan fingerprint density at radius 2 is 1.92 bits per heavy atom.